The summed E-state index contributed by atoms with van der Waals surface area (Å²) in [6, 6.07) is 9.14. The second kappa shape index (κ2) is 8.11. The highest BCUT2D eigenvalue weighted by Crippen LogP contribution is 2.27. The Bertz CT molecular complexity index is 819. The van der Waals surface area contributed by atoms with Crippen LogP contribution in [-0.4, -0.2) is 52.3 Å². The largest absolute Gasteiger partial charge is 0.491 e. The smallest absolute Gasteiger partial charge is 0.242 e. The third-order valence-corrected chi connectivity index (χ3v) is 4.46. The van der Waals surface area contributed by atoms with Gasteiger partial charge >= 0.3 is 0 Å². The van der Waals surface area contributed by atoms with E-state index in [-0.39, 0.29) is 37.6 Å². The molecule has 27 heavy (non-hydrogen) atoms. The Morgan fingerprint density at radius 1 is 1.33 bits per heavy atom. The average molecular weight is 372 g/mol. The van der Waals surface area contributed by atoms with Crippen molar-refractivity contribution in [3.05, 3.63) is 41.6 Å². The summed E-state index contributed by atoms with van der Waals surface area (Å²) in [7, 11) is 1.82. The summed E-state index contributed by atoms with van der Waals surface area (Å²) < 4.78 is 13.5. The molecule has 1 aromatic carbocycles. The number of nitrogens with zero attached hydrogens (tertiary/aromatic N) is 3. The van der Waals surface area contributed by atoms with Gasteiger partial charge in [-0.2, -0.15) is 5.10 Å². The molecule has 2 amide bonds. The molecule has 144 valence electrons. The van der Waals surface area contributed by atoms with Crippen LogP contribution in [0.5, 0.6) is 11.6 Å². The van der Waals surface area contributed by atoms with E-state index in [0.29, 0.717) is 12.4 Å². The average Bonchev–Trinajstić information content (AvgIpc) is 2.82. The van der Waals surface area contributed by atoms with Crippen LogP contribution in [-0.2, 0) is 23.2 Å². The number of nitrogens with one attached hydrogen (secondary N) is 1. The molecule has 1 unspecified atom stereocenters. The van der Waals surface area contributed by atoms with Gasteiger partial charge in [0.1, 0.15) is 25.0 Å². The Morgan fingerprint density at radius 2 is 2.07 bits per heavy atom. The summed E-state index contributed by atoms with van der Waals surface area (Å²) in [5.41, 5.74) is 1.69. The molecular weight excluding hydrogens is 348 g/mol. The van der Waals surface area contributed by atoms with Crippen LogP contribution in [0.1, 0.15) is 18.2 Å². The van der Waals surface area contributed by atoms with Gasteiger partial charge in [-0.1, -0.05) is 18.2 Å². The van der Waals surface area contributed by atoms with Gasteiger partial charge in [-0.05, 0) is 19.1 Å². The SMILES string of the molecule is CC(=O)NCC(=O)N1Cc2c(C)nn(C)c2OCC1COc1ccccc1. The van der Waals surface area contributed by atoms with Crippen molar-refractivity contribution in [3.8, 4) is 11.6 Å². The lowest BCUT2D eigenvalue weighted by molar-refractivity contribution is -0.136. The highest BCUT2D eigenvalue weighted by molar-refractivity contribution is 5.84. The summed E-state index contributed by atoms with van der Waals surface area (Å²) in [6.45, 7) is 4.14. The van der Waals surface area contributed by atoms with Crippen molar-refractivity contribution in [1.29, 1.82) is 0 Å². The van der Waals surface area contributed by atoms with E-state index >= 15 is 0 Å². The van der Waals surface area contributed by atoms with E-state index in [1.165, 1.54) is 6.92 Å². The maximum absolute atomic E-state index is 12.8. The van der Waals surface area contributed by atoms with Crippen LogP contribution in [0.15, 0.2) is 30.3 Å². The number of hydrogen-bond donors (Lipinski definition) is 1. The van der Waals surface area contributed by atoms with Gasteiger partial charge in [-0.15, -0.1) is 0 Å². The van der Waals surface area contributed by atoms with Crippen LogP contribution in [0.2, 0.25) is 0 Å². The number of hydrogen-bond acceptors (Lipinski definition) is 5. The van der Waals surface area contributed by atoms with Crippen molar-refractivity contribution >= 4 is 11.8 Å². The lowest BCUT2D eigenvalue weighted by Gasteiger charge is -2.29. The van der Waals surface area contributed by atoms with Gasteiger partial charge in [0.2, 0.25) is 17.7 Å². The number of para-hydroxylation sites is 1. The second-order valence-electron chi connectivity index (χ2n) is 6.51. The first kappa shape index (κ1) is 18.8. The van der Waals surface area contributed by atoms with Gasteiger partial charge < -0.3 is 19.7 Å². The van der Waals surface area contributed by atoms with Crippen molar-refractivity contribution in [2.24, 2.45) is 7.05 Å². The van der Waals surface area contributed by atoms with E-state index in [9.17, 15) is 9.59 Å². The number of rotatable bonds is 5. The summed E-state index contributed by atoms with van der Waals surface area (Å²) in [6.07, 6.45) is 0. The Kier molecular flexibility index (Phi) is 5.63. The third kappa shape index (κ3) is 4.39. The van der Waals surface area contributed by atoms with Crippen molar-refractivity contribution in [1.82, 2.24) is 20.0 Å². The molecule has 0 radical (unpaired) electrons. The Labute approximate surface area is 158 Å². The van der Waals surface area contributed by atoms with Crippen LogP contribution in [0.4, 0.5) is 0 Å². The van der Waals surface area contributed by atoms with Crippen LogP contribution >= 0.6 is 0 Å². The first-order valence-corrected chi connectivity index (χ1v) is 8.82. The van der Waals surface area contributed by atoms with Crippen molar-refractivity contribution in [3.63, 3.8) is 0 Å². The minimum Gasteiger partial charge on any atom is -0.491 e. The molecule has 0 bridgehead atoms. The van der Waals surface area contributed by atoms with Crippen LogP contribution in [0.25, 0.3) is 0 Å². The molecule has 0 saturated carbocycles. The lowest BCUT2D eigenvalue weighted by Crippen LogP contribution is -2.48. The highest BCUT2D eigenvalue weighted by Gasteiger charge is 2.32. The summed E-state index contributed by atoms with van der Waals surface area (Å²) >= 11 is 0. The molecular formula is C19H24N4O4. The summed E-state index contributed by atoms with van der Waals surface area (Å²) in [4.78, 5) is 25.7. The fourth-order valence-electron chi connectivity index (χ4n) is 3.05. The number of aromatic nitrogens is 2. The molecule has 1 aliphatic rings. The van der Waals surface area contributed by atoms with Crippen molar-refractivity contribution < 1.29 is 19.1 Å². The number of aryl methyl sites for hydroxylation is 2. The first-order valence-electron chi connectivity index (χ1n) is 8.82. The molecule has 2 heterocycles. The monoisotopic (exact) mass is 372 g/mol. The maximum atomic E-state index is 12.8. The zero-order chi connectivity index (χ0) is 19.4. The molecule has 0 spiro atoms. The van der Waals surface area contributed by atoms with Gasteiger partial charge in [0.15, 0.2) is 0 Å². The maximum Gasteiger partial charge on any atom is 0.242 e. The molecule has 1 atom stereocenters. The topological polar surface area (TPSA) is 85.7 Å². The van der Waals surface area contributed by atoms with Gasteiger partial charge in [0.05, 0.1) is 24.3 Å². The van der Waals surface area contributed by atoms with Crippen molar-refractivity contribution in [2.45, 2.75) is 26.4 Å². The lowest BCUT2D eigenvalue weighted by atomic mass is 10.2. The van der Waals surface area contributed by atoms with E-state index in [0.717, 1.165) is 17.0 Å². The van der Waals surface area contributed by atoms with Crippen LogP contribution < -0.4 is 14.8 Å². The molecule has 8 heteroatoms. The molecule has 1 aliphatic heterocycles. The molecule has 2 aromatic rings. The fourth-order valence-corrected chi connectivity index (χ4v) is 3.05. The van der Waals surface area contributed by atoms with E-state index in [1.54, 1.807) is 9.58 Å². The molecule has 8 nitrogen and oxygen atoms in total. The minimum atomic E-state index is -0.293. The molecule has 1 aromatic heterocycles. The number of amides is 2. The Balaban J connectivity index is 1.79. The van der Waals surface area contributed by atoms with E-state index in [1.807, 2.05) is 44.3 Å². The van der Waals surface area contributed by atoms with Gasteiger partial charge in [0, 0.05) is 14.0 Å². The predicted octanol–water partition coefficient (Wildman–Crippen LogP) is 1.03. The minimum absolute atomic E-state index is 0.0637. The number of carbonyl (C=O) groups is 2. The zero-order valence-corrected chi connectivity index (χ0v) is 15.8. The third-order valence-electron chi connectivity index (χ3n) is 4.46. The summed E-state index contributed by atoms with van der Waals surface area (Å²) in [5, 5.41) is 6.94. The summed E-state index contributed by atoms with van der Waals surface area (Å²) in [5.74, 6) is 0.953. The van der Waals surface area contributed by atoms with E-state index in [2.05, 4.69) is 10.4 Å². The molecule has 1 N–H and O–H groups in total. The number of fused-ring (bicyclic) bond motifs is 1. The predicted molar refractivity (Wildman–Crippen MR) is 98.4 cm³/mol. The van der Waals surface area contributed by atoms with E-state index in [4.69, 9.17) is 9.47 Å². The van der Waals surface area contributed by atoms with Gasteiger partial charge in [-0.25, -0.2) is 4.68 Å². The highest BCUT2D eigenvalue weighted by atomic mass is 16.5. The molecule has 0 fully saturated rings. The Hall–Kier alpha value is -3.03. The van der Waals surface area contributed by atoms with E-state index < -0.39 is 0 Å². The van der Waals surface area contributed by atoms with Crippen LogP contribution in [0.3, 0.4) is 0 Å². The molecule has 3 rings (SSSR count). The van der Waals surface area contributed by atoms with Gasteiger partial charge in [0.25, 0.3) is 0 Å². The normalized spacial score (nSPS) is 16.1. The first-order chi connectivity index (χ1) is 13.0. The standard InChI is InChI=1S/C19H24N4O4/c1-13-17-10-23(18(25)9-20-14(2)24)15(12-27-19(17)22(3)21-13)11-26-16-7-5-4-6-8-16/h4-8,15H,9-12H2,1-3H3,(H,20,24). The van der Waals surface area contributed by atoms with Gasteiger partial charge in [-0.3, -0.25) is 9.59 Å². The number of benzene rings is 1. The second-order valence-corrected chi connectivity index (χ2v) is 6.51. The van der Waals surface area contributed by atoms with Crippen molar-refractivity contribution in [2.75, 3.05) is 19.8 Å². The van der Waals surface area contributed by atoms with Crippen LogP contribution in [0, 0.1) is 6.92 Å². The quantitative estimate of drug-likeness (QED) is 0.847. The zero-order valence-electron chi connectivity index (χ0n) is 15.8. The Morgan fingerprint density at radius 3 is 2.78 bits per heavy atom. The molecule has 0 saturated heterocycles. The molecule has 0 aliphatic carbocycles. The fraction of sp³-hybridized carbons (Fsp3) is 0.421. The number of ether oxygens (including phenoxy) is 2. The number of carbonyl (C=O) groups excluding carboxylic acids is 2.